The van der Waals surface area contributed by atoms with Crippen LogP contribution in [0.3, 0.4) is 0 Å². The van der Waals surface area contributed by atoms with Crippen molar-refractivity contribution in [1.29, 1.82) is 0 Å². The molecular formula is C19H32N2O. The molecule has 22 heavy (non-hydrogen) atoms. The number of amides is 1. The monoisotopic (exact) mass is 304 g/mol. The lowest BCUT2D eigenvalue weighted by Crippen LogP contribution is -2.39. The molecule has 124 valence electrons. The van der Waals surface area contributed by atoms with Gasteiger partial charge in [-0.2, -0.15) is 0 Å². The second-order valence-corrected chi connectivity index (χ2v) is 6.04. The summed E-state index contributed by atoms with van der Waals surface area (Å²) in [5, 5.41) is 3.47. The van der Waals surface area contributed by atoms with Gasteiger partial charge in [-0.15, -0.1) is 0 Å². The molecule has 0 saturated heterocycles. The molecule has 0 spiro atoms. The van der Waals surface area contributed by atoms with E-state index >= 15 is 0 Å². The summed E-state index contributed by atoms with van der Waals surface area (Å²) in [5.41, 5.74) is 1.34. The van der Waals surface area contributed by atoms with E-state index in [1.165, 1.54) is 5.56 Å². The van der Waals surface area contributed by atoms with E-state index in [0.717, 1.165) is 51.7 Å². The zero-order valence-corrected chi connectivity index (χ0v) is 14.5. The maximum absolute atomic E-state index is 12.5. The largest absolute Gasteiger partial charge is 0.345 e. The van der Waals surface area contributed by atoms with Crippen molar-refractivity contribution in [3.05, 3.63) is 35.9 Å². The highest BCUT2D eigenvalue weighted by molar-refractivity contribution is 5.78. The van der Waals surface area contributed by atoms with E-state index < -0.39 is 0 Å². The van der Waals surface area contributed by atoms with E-state index in [4.69, 9.17) is 0 Å². The van der Waals surface area contributed by atoms with Gasteiger partial charge in [0.1, 0.15) is 0 Å². The Morgan fingerprint density at radius 2 is 1.91 bits per heavy atom. The minimum Gasteiger partial charge on any atom is -0.345 e. The number of hydrogen-bond acceptors (Lipinski definition) is 2. The topological polar surface area (TPSA) is 32.3 Å². The Balaban J connectivity index is 2.38. The van der Waals surface area contributed by atoms with Crippen molar-refractivity contribution in [2.24, 2.45) is 5.92 Å². The molecule has 0 saturated carbocycles. The summed E-state index contributed by atoms with van der Waals surface area (Å²) in [5.74, 6) is 0.412. The fourth-order valence-corrected chi connectivity index (χ4v) is 2.67. The van der Waals surface area contributed by atoms with E-state index in [9.17, 15) is 4.79 Å². The van der Waals surface area contributed by atoms with Crippen molar-refractivity contribution < 1.29 is 4.79 Å². The first-order chi connectivity index (χ1) is 10.7. The molecule has 0 radical (unpaired) electrons. The lowest BCUT2D eigenvalue weighted by Gasteiger charge is -2.24. The maximum atomic E-state index is 12.5. The molecule has 0 aliphatic heterocycles. The average molecular weight is 304 g/mol. The molecule has 3 heteroatoms. The van der Waals surface area contributed by atoms with Crippen LogP contribution in [-0.4, -0.2) is 37.5 Å². The predicted octanol–water partition coefficient (Wildman–Crippen LogP) is 3.49. The van der Waals surface area contributed by atoms with Gasteiger partial charge in [-0.3, -0.25) is 4.79 Å². The number of nitrogens with zero attached hydrogens (tertiary/aromatic N) is 1. The highest BCUT2D eigenvalue weighted by atomic mass is 16.2. The van der Waals surface area contributed by atoms with Crippen LogP contribution in [-0.2, 0) is 11.2 Å². The molecule has 3 nitrogen and oxygen atoms in total. The first-order valence-corrected chi connectivity index (χ1v) is 8.68. The van der Waals surface area contributed by atoms with Crippen molar-refractivity contribution in [2.75, 3.05) is 26.7 Å². The van der Waals surface area contributed by atoms with Crippen LogP contribution in [0.5, 0.6) is 0 Å². The van der Waals surface area contributed by atoms with Crippen LogP contribution in [0.25, 0.3) is 0 Å². The molecule has 0 aliphatic rings. The summed E-state index contributed by atoms with van der Waals surface area (Å²) in [4.78, 5) is 14.4. The Kier molecular flexibility index (Phi) is 9.56. The summed E-state index contributed by atoms with van der Waals surface area (Å²) in [6, 6.07) is 10.5. The van der Waals surface area contributed by atoms with Crippen LogP contribution in [0, 0.1) is 5.92 Å². The SMILES string of the molecule is CCCCC(CNCCc1ccccc1)C(=O)N(C)CCC. The number of carbonyl (C=O) groups is 1. The van der Waals surface area contributed by atoms with Crippen molar-refractivity contribution in [1.82, 2.24) is 10.2 Å². The fourth-order valence-electron chi connectivity index (χ4n) is 2.67. The molecule has 1 unspecified atom stereocenters. The molecule has 1 rings (SSSR count). The van der Waals surface area contributed by atoms with Crippen molar-refractivity contribution in [2.45, 2.75) is 46.0 Å². The van der Waals surface area contributed by atoms with Crippen LogP contribution in [0.15, 0.2) is 30.3 Å². The highest BCUT2D eigenvalue weighted by Crippen LogP contribution is 2.11. The van der Waals surface area contributed by atoms with Crippen LogP contribution in [0.1, 0.15) is 45.1 Å². The Morgan fingerprint density at radius 1 is 1.18 bits per heavy atom. The average Bonchev–Trinajstić information content (AvgIpc) is 2.54. The van der Waals surface area contributed by atoms with E-state index in [0.29, 0.717) is 5.91 Å². The van der Waals surface area contributed by atoms with Gasteiger partial charge in [-0.1, -0.05) is 57.0 Å². The summed E-state index contributed by atoms with van der Waals surface area (Å²) in [6.45, 7) is 6.87. The predicted molar refractivity (Wildman–Crippen MR) is 94.0 cm³/mol. The van der Waals surface area contributed by atoms with Gasteiger partial charge in [-0.05, 0) is 31.4 Å². The van der Waals surface area contributed by atoms with Gasteiger partial charge in [0.05, 0.1) is 5.92 Å². The Bertz CT molecular complexity index is 405. The summed E-state index contributed by atoms with van der Waals surface area (Å²) >= 11 is 0. The molecule has 1 aromatic rings. The third-order valence-electron chi connectivity index (χ3n) is 4.01. The second kappa shape index (κ2) is 11.2. The van der Waals surface area contributed by atoms with Gasteiger partial charge < -0.3 is 10.2 Å². The number of unbranched alkanes of at least 4 members (excludes halogenated alkanes) is 1. The Labute approximate surface area is 136 Å². The van der Waals surface area contributed by atoms with E-state index in [-0.39, 0.29) is 5.92 Å². The minimum atomic E-state index is 0.118. The molecule has 0 aromatic heterocycles. The van der Waals surface area contributed by atoms with Crippen LogP contribution < -0.4 is 5.32 Å². The van der Waals surface area contributed by atoms with Crippen LogP contribution in [0.2, 0.25) is 0 Å². The lowest BCUT2D eigenvalue weighted by atomic mass is 10.00. The quantitative estimate of drug-likeness (QED) is 0.635. The van der Waals surface area contributed by atoms with E-state index in [2.05, 4.69) is 43.4 Å². The molecule has 0 fully saturated rings. The minimum absolute atomic E-state index is 0.118. The number of carbonyl (C=O) groups excluding carboxylic acids is 1. The van der Waals surface area contributed by atoms with Crippen molar-refractivity contribution >= 4 is 5.91 Å². The summed E-state index contributed by atoms with van der Waals surface area (Å²) in [7, 11) is 1.93. The first kappa shape index (κ1) is 18.7. The molecule has 1 atom stereocenters. The number of benzene rings is 1. The number of hydrogen-bond donors (Lipinski definition) is 1. The molecule has 1 amide bonds. The highest BCUT2D eigenvalue weighted by Gasteiger charge is 2.20. The zero-order chi connectivity index (χ0) is 16.2. The number of rotatable bonds is 11. The van der Waals surface area contributed by atoms with Gasteiger partial charge in [-0.25, -0.2) is 0 Å². The Hall–Kier alpha value is -1.35. The third kappa shape index (κ3) is 7.08. The van der Waals surface area contributed by atoms with E-state index in [1.807, 2.05) is 18.0 Å². The van der Waals surface area contributed by atoms with Crippen LogP contribution >= 0.6 is 0 Å². The molecular weight excluding hydrogens is 272 g/mol. The van der Waals surface area contributed by atoms with E-state index in [1.54, 1.807) is 0 Å². The molecule has 0 bridgehead atoms. The standard InChI is InChI=1S/C19H32N2O/c1-4-6-12-18(19(22)21(3)15-5-2)16-20-14-13-17-10-8-7-9-11-17/h7-11,18,20H,4-6,12-16H2,1-3H3. The lowest BCUT2D eigenvalue weighted by molar-refractivity contribution is -0.134. The summed E-state index contributed by atoms with van der Waals surface area (Å²) < 4.78 is 0. The summed E-state index contributed by atoms with van der Waals surface area (Å²) in [6.07, 6.45) is 5.29. The second-order valence-electron chi connectivity index (χ2n) is 6.04. The molecule has 0 heterocycles. The van der Waals surface area contributed by atoms with Gasteiger partial charge in [0.25, 0.3) is 0 Å². The van der Waals surface area contributed by atoms with Crippen molar-refractivity contribution in [3.63, 3.8) is 0 Å². The zero-order valence-electron chi connectivity index (χ0n) is 14.5. The molecule has 1 aromatic carbocycles. The van der Waals surface area contributed by atoms with Crippen molar-refractivity contribution in [3.8, 4) is 0 Å². The van der Waals surface area contributed by atoms with Gasteiger partial charge in [0.15, 0.2) is 0 Å². The number of nitrogens with one attached hydrogen (secondary N) is 1. The van der Waals surface area contributed by atoms with Gasteiger partial charge in [0, 0.05) is 20.1 Å². The molecule has 1 N–H and O–H groups in total. The third-order valence-corrected chi connectivity index (χ3v) is 4.01. The Morgan fingerprint density at radius 3 is 2.55 bits per heavy atom. The fraction of sp³-hybridized carbons (Fsp3) is 0.632. The maximum Gasteiger partial charge on any atom is 0.226 e. The normalized spacial score (nSPS) is 12.1. The molecule has 0 aliphatic carbocycles. The smallest absolute Gasteiger partial charge is 0.226 e. The van der Waals surface area contributed by atoms with Gasteiger partial charge in [0.2, 0.25) is 5.91 Å². The van der Waals surface area contributed by atoms with Gasteiger partial charge >= 0.3 is 0 Å². The van der Waals surface area contributed by atoms with Crippen LogP contribution in [0.4, 0.5) is 0 Å². The first-order valence-electron chi connectivity index (χ1n) is 8.68.